The lowest BCUT2D eigenvalue weighted by Gasteiger charge is -2.28. The molecule has 1 aromatic rings. The van der Waals surface area contributed by atoms with Crippen LogP contribution < -0.4 is 5.32 Å². The van der Waals surface area contributed by atoms with Gasteiger partial charge in [0.05, 0.1) is 13.2 Å². The Kier molecular flexibility index (Phi) is 11.5. The van der Waals surface area contributed by atoms with Gasteiger partial charge in [-0.2, -0.15) is 0 Å². The summed E-state index contributed by atoms with van der Waals surface area (Å²) in [4.78, 5) is 12.4. The summed E-state index contributed by atoms with van der Waals surface area (Å²) in [5, 5.41) is 12.1. The molecule has 0 spiro atoms. The molecule has 1 N–H and O–H groups in total. The fourth-order valence-corrected chi connectivity index (χ4v) is 4.30. The van der Waals surface area contributed by atoms with Crippen molar-refractivity contribution in [3.05, 3.63) is 11.6 Å². The monoisotopic (exact) mass is 548 g/mol. The van der Waals surface area contributed by atoms with E-state index in [2.05, 4.69) is 44.1 Å². The van der Waals surface area contributed by atoms with Gasteiger partial charge in [-0.15, -0.1) is 34.2 Å². The van der Waals surface area contributed by atoms with E-state index in [9.17, 15) is 0 Å². The van der Waals surface area contributed by atoms with Crippen LogP contribution in [0.15, 0.2) is 4.99 Å². The Labute approximate surface area is 204 Å². The van der Waals surface area contributed by atoms with Crippen molar-refractivity contribution in [2.75, 3.05) is 65.6 Å². The van der Waals surface area contributed by atoms with Crippen LogP contribution >= 0.6 is 24.0 Å². The highest BCUT2D eigenvalue weighted by atomic mass is 127. The topological polar surface area (TPSA) is 74.1 Å². The van der Waals surface area contributed by atoms with E-state index in [1.54, 1.807) is 0 Å². The number of nitrogens with one attached hydrogen (secondary N) is 1. The van der Waals surface area contributed by atoms with Crippen LogP contribution in [-0.2, 0) is 18.3 Å². The molecule has 0 aromatic carbocycles. The number of hydrogen-bond acceptors (Lipinski definition) is 6. The van der Waals surface area contributed by atoms with Crippen LogP contribution in [-0.4, -0.2) is 107 Å². The maximum Gasteiger partial charge on any atom is 0.194 e. The standard InChI is InChI=1S/C21H40N8O.HI/c1-5-28(6-2)19-8-11-29(17-19)21(23-16-20-25-24-18(3)26(20)4)22-9-7-10-27-12-14-30-15-13-27;/h19H,5-17H2,1-4H3,(H,22,23);1H. The van der Waals surface area contributed by atoms with Crippen LogP contribution in [0.3, 0.4) is 0 Å². The van der Waals surface area contributed by atoms with E-state index in [0.717, 1.165) is 89.6 Å². The molecule has 31 heavy (non-hydrogen) atoms. The fraction of sp³-hybridized carbons (Fsp3) is 0.857. The van der Waals surface area contributed by atoms with E-state index >= 15 is 0 Å². The minimum Gasteiger partial charge on any atom is -0.379 e. The molecular weight excluding hydrogens is 507 g/mol. The summed E-state index contributed by atoms with van der Waals surface area (Å²) in [5.74, 6) is 2.83. The SMILES string of the molecule is CCN(CC)C1CCN(C(=NCc2nnc(C)n2C)NCCCN2CCOCC2)C1.I. The number of likely N-dealkylation sites (N-methyl/N-ethyl adjacent to an activating group) is 1. The molecule has 1 aromatic heterocycles. The lowest BCUT2D eigenvalue weighted by atomic mass is 10.2. The zero-order valence-corrected chi connectivity index (χ0v) is 22.0. The van der Waals surface area contributed by atoms with Crippen molar-refractivity contribution < 1.29 is 4.74 Å². The summed E-state index contributed by atoms with van der Waals surface area (Å²) in [6, 6.07) is 0.609. The van der Waals surface area contributed by atoms with Crippen molar-refractivity contribution in [3.8, 4) is 0 Å². The molecule has 1 unspecified atom stereocenters. The average molecular weight is 549 g/mol. The van der Waals surface area contributed by atoms with Crippen LogP contribution in [0.25, 0.3) is 0 Å². The Morgan fingerprint density at radius 3 is 2.58 bits per heavy atom. The van der Waals surface area contributed by atoms with Gasteiger partial charge in [0.25, 0.3) is 0 Å². The largest absolute Gasteiger partial charge is 0.379 e. The second-order valence-electron chi connectivity index (χ2n) is 8.21. The summed E-state index contributed by atoms with van der Waals surface area (Å²) in [6.07, 6.45) is 2.30. The number of aromatic nitrogens is 3. The van der Waals surface area contributed by atoms with Crippen molar-refractivity contribution in [1.82, 2.24) is 34.8 Å². The molecule has 2 aliphatic rings. The van der Waals surface area contributed by atoms with Crippen molar-refractivity contribution >= 4 is 29.9 Å². The molecule has 3 rings (SSSR count). The zero-order chi connectivity index (χ0) is 21.3. The normalized spacial score (nSPS) is 20.4. The molecule has 10 heteroatoms. The molecule has 0 radical (unpaired) electrons. The Balaban J connectivity index is 0.00000341. The lowest BCUT2D eigenvalue weighted by Crippen LogP contribution is -2.44. The first-order valence-corrected chi connectivity index (χ1v) is 11.5. The first kappa shape index (κ1) is 26.3. The van der Waals surface area contributed by atoms with Crippen molar-refractivity contribution in [3.63, 3.8) is 0 Å². The van der Waals surface area contributed by atoms with Gasteiger partial charge in [0, 0.05) is 45.8 Å². The minimum absolute atomic E-state index is 0. The summed E-state index contributed by atoms with van der Waals surface area (Å²) in [5.41, 5.74) is 0. The summed E-state index contributed by atoms with van der Waals surface area (Å²) in [6.45, 7) is 17.2. The van der Waals surface area contributed by atoms with Crippen LogP contribution in [0.2, 0.25) is 0 Å². The van der Waals surface area contributed by atoms with Crippen LogP contribution in [0, 0.1) is 6.92 Å². The fourth-order valence-electron chi connectivity index (χ4n) is 4.30. The number of aryl methyl sites for hydroxylation is 1. The molecule has 9 nitrogen and oxygen atoms in total. The van der Waals surface area contributed by atoms with Gasteiger partial charge in [-0.05, 0) is 39.4 Å². The van der Waals surface area contributed by atoms with Crippen molar-refractivity contribution in [2.24, 2.45) is 12.0 Å². The molecule has 0 amide bonds. The van der Waals surface area contributed by atoms with Crippen LogP contribution in [0.1, 0.15) is 38.3 Å². The van der Waals surface area contributed by atoms with Gasteiger partial charge in [0.15, 0.2) is 11.8 Å². The zero-order valence-electron chi connectivity index (χ0n) is 19.7. The third-order valence-corrected chi connectivity index (χ3v) is 6.38. The van der Waals surface area contributed by atoms with E-state index < -0.39 is 0 Å². The third kappa shape index (κ3) is 7.54. The molecule has 178 valence electrons. The first-order chi connectivity index (χ1) is 14.6. The predicted octanol–water partition coefficient (Wildman–Crippen LogP) is 1.33. The highest BCUT2D eigenvalue weighted by Gasteiger charge is 2.28. The molecule has 2 fully saturated rings. The molecule has 0 bridgehead atoms. The summed E-state index contributed by atoms with van der Waals surface area (Å²) >= 11 is 0. The Morgan fingerprint density at radius 2 is 1.94 bits per heavy atom. The molecule has 1 atom stereocenters. The van der Waals surface area contributed by atoms with Gasteiger partial charge in [0.2, 0.25) is 0 Å². The lowest BCUT2D eigenvalue weighted by molar-refractivity contribution is 0.0375. The average Bonchev–Trinajstić information content (AvgIpc) is 3.37. The summed E-state index contributed by atoms with van der Waals surface area (Å²) < 4.78 is 7.46. The van der Waals surface area contributed by atoms with Gasteiger partial charge in [-0.3, -0.25) is 9.80 Å². The van der Waals surface area contributed by atoms with E-state index in [-0.39, 0.29) is 24.0 Å². The minimum atomic E-state index is 0. The smallest absolute Gasteiger partial charge is 0.194 e. The Bertz CT molecular complexity index is 672. The number of morpholine rings is 1. The van der Waals surface area contributed by atoms with E-state index in [4.69, 9.17) is 9.73 Å². The van der Waals surface area contributed by atoms with E-state index in [1.807, 2.05) is 18.5 Å². The maximum absolute atomic E-state index is 5.44. The maximum atomic E-state index is 5.44. The number of guanidine groups is 1. The summed E-state index contributed by atoms with van der Waals surface area (Å²) in [7, 11) is 2.00. The molecule has 2 aliphatic heterocycles. The van der Waals surface area contributed by atoms with E-state index in [1.165, 1.54) is 6.42 Å². The van der Waals surface area contributed by atoms with E-state index in [0.29, 0.717) is 12.6 Å². The van der Waals surface area contributed by atoms with Crippen molar-refractivity contribution in [1.29, 1.82) is 0 Å². The number of aliphatic imine (C=N–C) groups is 1. The highest BCUT2D eigenvalue weighted by molar-refractivity contribution is 14.0. The highest BCUT2D eigenvalue weighted by Crippen LogP contribution is 2.16. The molecular formula is C21H41IN8O. The number of likely N-dealkylation sites (tertiary alicyclic amines) is 1. The Morgan fingerprint density at radius 1 is 1.19 bits per heavy atom. The number of hydrogen-bond donors (Lipinski definition) is 1. The first-order valence-electron chi connectivity index (χ1n) is 11.5. The number of halogens is 1. The molecule has 0 saturated carbocycles. The van der Waals surface area contributed by atoms with Crippen LogP contribution in [0.5, 0.6) is 0 Å². The van der Waals surface area contributed by atoms with Gasteiger partial charge in [-0.1, -0.05) is 13.8 Å². The molecule has 2 saturated heterocycles. The second-order valence-corrected chi connectivity index (χ2v) is 8.21. The third-order valence-electron chi connectivity index (χ3n) is 6.38. The van der Waals surface area contributed by atoms with Gasteiger partial charge >= 0.3 is 0 Å². The number of rotatable bonds is 9. The quantitative estimate of drug-likeness (QED) is 0.216. The van der Waals surface area contributed by atoms with Gasteiger partial charge < -0.3 is 19.5 Å². The van der Waals surface area contributed by atoms with Crippen molar-refractivity contribution in [2.45, 2.75) is 46.2 Å². The number of ether oxygens (including phenoxy) is 1. The Hall–Kier alpha value is -0.980. The molecule has 3 heterocycles. The molecule has 0 aliphatic carbocycles. The van der Waals surface area contributed by atoms with Gasteiger partial charge in [-0.25, -0.2) is 4.99 Å². The second kappa shape index (κ2) is 13.5. The predicted molar refractivity (Wildman–Crippen MR) is 135 cm³/mol. The van der Waals surface area contributed by atoms with Gasteiger partial charge in [0.1, 0.15) is 12.4 Å². The number of nitrogens with zero attached hydrogens (tertiary/aromatic N) is 7. The van der Waals surface area contributed by atoms with Crippen LogP contribution in [0.4, 0.5) is 0 Å².